The Morgan fingerprint density at radius 3 is 1.90 bits per heavy atom. The number of morpholine rings is 1. The fourth-order valence-corrected chi connectivity index (χ4v) is 21.1. The zero-order valence-electron chi connectivity index (χ0n) is 77.0. The molecule has 2 aromatic heterocycles. The molecule has 2 unspecified atom stereocenters. The number of carbonyl (C=O) groups is 5. The number of aryl methyl sites for hydroxylation is 1. The van der Waals surface area contributed by atoms with Gasteiger partial charge in [-0.05, 0) is 232 Å². The Labute approximate surface area is 778 Å². The van der Waals surface area contributed by atoms with Crippen LogP contribution in [0.15, 0.2) is 204 Å². The van der Waals surface area contributed by atoms with Gasteiger partial charge < -0.3 is 54.4 Å². The molecule has 10 heterocycles. The maximum Gasteiger partial charge on any atom is 0.322 e. The normalized spacial score (nSPS) is 19.7. The molecule has 7 aromatic carbocycles. The van der Waals surface area contributed by atoms with Crippen molar-refractivity contribution in [3.8, 4) is 11.1 Å². The van der Waals surface area contributed by atoms with Gasteiger partial charge in [-0.15, -0.1) is 0 Å². The smallest absolute Gasteiger partial charge is 0.322 e. The van der Waals surface area contributed by atoms with E-state index in [4.69, 9.17) is 14.5 Å². The Balaban J connectivity index is 0.000000135. The van der Waals surface area contributed by atoms with Crippen LogP contribution in [-0.2, 0) is 37.0 Å². The first kappa shape index (κ1) is 94.7. The van der Waals surface area contributed by atoms with Crippen molar-refractivity contribution < 1.29 is 47.0 Å². The number of carbonyl (C=O) groups excluding carboxylic acids is 5. The third-order valence-corrected chi connectivity index (χ3v) is 29.3. The van der Waals surface area contributed by atoms with Gasteiger partial charge in [0.1, 0.15) is 17.2 Å². The summed E-state index contributed by atoms with van der Waals surface area (Å²) in [5.74, 6) is 1.35. The van der Waals surface area contributed by atoms with Crippen molar-refractivity contribution >= 4 is 91.6 Å². The maximum absolute atomic E-state index is 14.6. The summed E-state index contributed by atoms with van der Waals surface area (Å²) < 4.78 is 37.5. The fourth-order valence-electron chi connectivity index (χ4n) is 19.9. The van der Waals surface area contributed by atoms with Crippen molar-refractivity contribution in [2.45, 2.75) is 158 Å². The van der Waals surface area contributed by atoms with Crippen LogP contribution >= 0.6 is 11.3 Å². The van der Waals surface area contributed by atoms with E-state index in [1.54, 1.807) is 46.8 Å². The van der Waals surface area contributed by atoms with Crippen LogP contribution in [0.5, 0.6) is 0 Å². The van der Waals surface area contributed by atoms with Crippen molar-refractivity contribution in [3.05, 3.63) is 254 Å². The molecule has 5 amide bonds. The number of piperazine rings is 2. The summed E-state index contributed by atoms with van der Waals surface area (Å²) in [6, 6.07) is 60.5. The van der Waals surface area contributed by atoms with Gasteiger partial charge in [-0.25, -0.2) is 14.2 Å². The van der Waals surface area contributed by atoms with Gasteiger partial charge in [0.15, 0.2) is 5.78 Å². The molecule has 131 heavy (non-hydrogen) atoms. The van der Waals surface area contributed by atoms with Crippen LogP contribution in [0.2, 0.25) is 0 Å². The van der Waals surface area contributed by atoms with Gasteiger partial charge in [0.05, 0.1) is 53.6 Å². The lowest BCUT2D eigenvalue weighted by atomic mass is 9.77. The molecule has 18 rings (SSSR count). The third-order valence-electron chi connectivity index (χ3n) is 27.7. The number of urea groups is 1. The Bertz CT molecular complexity index is 5310. The van der Waals surface area contributed by atoms with Crippen LogP contribution in [0.1, 0.15) is 170 Å². The van der Waals surface area contributed by atoms with E-state index >= 15 is 0 Å². The number of benzene rings is 7. The van der Waals surface area contributed by atoms with E-state index < -0.39 is 21.5 Å². The first-order valence-corrected chi connectivity index (χ1v) is 49.7. The molecule has 8 saturated heterocycles. The topological polar surface area (TPSA) is 233 Å². The lowest BCUT2D eigenvalue weighted by Gasteiger charge is -2.48. The number of nitrogens with one attached hydrogen (secondary N) is 2. The molecular formula is C104H129FN14O10S2. The molecule has 9 aliphatic rings. The highest BCUT2D eigenvalue weighted by molar-refractivity contribution is 7.84. The summed E-state index contributed by atoms with van der Waals surface area (Å²) in [4.78, 5) is 103. The number of piperidine rings is 3. The van der Waals surface area contributed by atoms with Crippen LogP contribution in [-0.4, -0.2) is 231 Å². The number of amides is 5. The first-order valence-electron chi connectivity index (χ1n) is 47.2. The predicted molar refractivity (Wildman–Crippen MR) is 522 cm³/mol. The van der Waals surface area contributed by atoms with Gasteiger partial charge in [-0.3, -0.25) is 48.2 Å². The van der Waals surface area contributed by atoms with E-state index in [1.165, 1.54) is 78.7 Å². The third kappa shape index (κ3) is 23.9. The standard InChI is InChI=1S/C32H47N5O3.C25H31N3O.C24H27FN4O4.C23H24N2O2S2/c1-32(2,3)27-6-4-25(5-7-27)23-35-14-10-26(11-15-35)24-37(31(38)34-28-12-18-39-19-13-28)29-8-9-30(33-22-29)36-16-20-40-21-17-36;29-24-25(28(19-26-24)21-11-5-2-6-12-21)15-17-27(18-16-25)23-14-8-7-13-22(23)20-9-3-1-4-10-20;1-17(30)18-5-7-23(21(25)15-18)27-11-13-28(14-12-27)24(31)20-16-19(29(32)33)6-8-22(20)26-9-3-2-4-10-26;1-17-3-5-19(6-4-17)24-10-12-25(13-11-24)23(26)22-15-20(29(2)27)7-8-21(22)18-9-14-28-16-18/h4-9,22,26,28H,10-21,23-24H2,1-3H3,(H,34,38);1-6,9-12,22-23H,7-8,13-19H2,(H,26,29);5-8,15-16H,2-4,9-14H2,1H3;3-9,14-16H,10-13H2,1-2H3/t;22-,23?;;/m.1../s1. The number of non-ortho nitro benzene ring substituents is 1. The van der Waals surface area contributed by atoms with Crippen molar-refractivity contribution in [1.82, 2.24) is 35.2 Å². The molecule has 9 fully saturated rings. The number of halogens is 1. The number of hydrogen-bond acceptors (Lipinski definition) is 19. The molecule has 1 aliphatic carbocycles. The summed E-state index contributed by atoms with van der Waals surface area (Å²) >= 11 is 1.61. The minimum absolute atomic E-state index is 0.0158. The number of hydrogen-bond donors (Lipinski definition) is 2. The summed E-state index contributed by atoms with van der Waals surface area (Å²) in [5, 5.41) is 21.8. The number of ether oxygens (including phenoxy) is 2. The fraction of sp³-hybridized carbons (Fsp3) is 0.462. The lowest BCUT2D eigenvalue weighted by molar-refractivity contribution is -0.384. The summed E-state index contributed by atoms with van der Waals surface area (Å²) in [7, 11) is -1.12. The highest BCUT2D eigenvalue weighted by Gasteiger charge is 2.52. The van der Waals surface area contributed by atoms with Gasteiger partial charge in [0, 0.05) is 187 Å². The van der Waals surface area contributed by atoms with Crippen molar-refractivity contribution in [2.75, 3.05) is 180 Å². The molecule has 2 N–H and O–H groups in total. The number of pyridine rings is 1. The van der Waals surface area contributed by atoms with E-state index in [2.05, 4.69) is 177 Å². The quantitative estimate of drug-likeness (QED) is 0.0435. The summed E-state index contributed by atoms with van der Waals surface area (Å²) in [5.41, 5.74) is 12.8. The van der Waals surface area contributed by atoms with Gasteiger partial charge in [0.25, 0.3) is 17.5 Å². The second kappa shape index (κ2) is 44.5. The molecule has 3 atom stereocenters. The average molecular weight is 1820 g/mol. The summed E-state index contributed by atoms with van der Waals surface area (Å²) in [6.45, 7) is 27.4. The molecule has 694 valence electrons. The van der Waals surface area contributed by atoms with E-state index in [1.807, 2.05) is 62.0 Å². The van der Waals surface area contributed by atoms with Crippen molar-refractivity contribution in [3.63, 3.8) is 0 Å². The number of Topliss-reactive ketones (excluding diaryl/α,β-unsaturated/α-hetero) is 1. The largest absolute Gasteiger partial charge is 0.381 e. The number of nitrogens with zero attached hydrogens (tertiary/aromatic N) is 12. The zero-order chi connectivity index (χ0) is 91.5. The van der Waals surface area contributed by atoms with Gasteiger partial charge in [-0.2, -0.15) is 11.3 Å². The molecule has 0 bridgehead atoms. The van der Waals surface area contributed by atoms with Gasteiger partial charge >= 0.3 is 6.03 Å². The van der Waals surface area contributed by atoms with Crippen LogP contribution < -0.4 is 40.0 Å². The van der Waals surface area contributed by atoms with Crippen molar-refractivity contribution in [2.24, 2.45) is 5.92 Å². The molecule has 9 aromatic rings. The highest BCUT2D eigenvalue weighted by Crippen LogP contribution is 2.43. The molecule has 1 spiro atoms. The van der Waals surface area contributed by atoms with E-state index in [0.717, 1.165) is 177 Å². The SMILES string of the molecule is CC(=O)c1ccc(N2CCN(C(=O)c3cc([N+](=O)[O-])ccc3N3CCCCC3)CC2)c(F)c1.CC(C)(C)c1ccc(CN2CCC(CN(C(=O)NC3CCOCC3)c3ccc(N4CCOCC4)nc3)CC2)cc1.Cc1ccc(N2CCN(C(=O)c3cc(S(C)=O)ccc3-c3ccsc3)CC2)cc1.O=C1NCN(c2ccccc2)C12CCN(C1CCCC[C@@H]1c1ccccc1)CC2. The molecule has 8 aliphatic heterocycles. The molecule has 0 radical (unpaired) electrons. The number of thiophene rings is 1. The first-order chi connectivity index (χ1) is 63.5. The Morgan fingerprint density at radius 1 is 0.634 bits per heavy atom. The van der Waals surface area contributed by atoms with Crippen LogP contribution in [0, 0.1) is 28.8 Å². The molecular weight excluding hydrogens is 1690 g/mol. The monoisotopic (exact) mass is 1820 g/mol. The maximum atomic E-state index is 14.6. The summed E-state index contributed by atoms with van der Waals surface area (Å²) in [6.07, 6.45) is 17.6. The number of nitro benzene ring substituents is 1. The number of nitro groups is 1. The molecule has 24 nitrogen and oxygen atoms in total. The number of aromatic nitrogens is 1. The predicted octanol–water partition coefficient (Wildman–Crippen LogP) is 17.3. The minimum Gasteiger partial charge on any atom is -0.381 e. The number of para-hydroxylation sites is 1. The van der Waals surface area contributed by atoms with Crippen LogP contribution in [0.4, 0.5) is 49.1 Å². The Morgan fingerprint density at radius 2 is 1.27 bits per heavy atom. The molecule has 1 saturated carbocycles. The van der Waals surface area contributed by atoms with E-state index in [9.17, 15) is 42.7 Å². The van der Waals surface area contributed by atoms with Crippen molar-refractivity contribution in [1.29, 1.82) is 0 Å². The Hall–Kier alpha value is -10.9. The average Bonchev–Trinajstić information content (AvgIpc) is 1.61. The highest BCUT2D eigenvalue weighted by atomic mass is 32.2. The van der Waals surface area contributed by atoms with Gasteiger partial charge in [-0.1, -0.05) is 130 Å². The second-order valence-corrected chi connectivity index (χ2v) is 39.4. The van der Waals surface area contributed by atoms with E-state index in [-0.39, 0.29) is 52.2 Å². The van der Waals surface area contributed by atoms with Crippen LogP contribution in [0.3, 0.4) is 0 Å². The number of likely N-dealkylation sites (tertiary alicyclic amines) is 2. The number of rotatable bonds is 19. The number of anilines is 6. The van der Waals surface area contributed by atoms with Crippen LogP contribution in [0.25, 0.3) is 11.1 Å². The Kier molecular flexibility index (Phi) is 32.2. The van der Waals surface area contributed by atoms with Gasteiger partial charge in [0.2, 0.25) is 5.91 Å². The second-order valence-electron chi connectivity index (χ2n) is 37.2. The van der Waals surface area contributed by atoms with E-state index in [0.29, 0.717) is 111 Å². The number of ketones is 1. The minimum atomic E-state index is -1.12. The molecule has 27 heteroatoms. The zero-order valence-corrected chi connectivity index (χ0v) is 78.6. The lowest BCUT2D eigenvalue weighted by Crippen LogP contribution is -2.58.